The highest BCUT2D eigenvalue weighted by molar-refractivity contribution is 5.79. The average Bonchev–Trinajstić information content (AvgIpc) is 2.08. The number of nitrogens with zero attached hydrogens (tertiary/aromatic N) is 3. The zero-order chi connectivity index (χ0) is 9.23. The molecule has 6 nitrogen and oxygen atoms in total. The molecule has 0 unspecified atom stereocenters. The van der Waals surface area contributed by atoms with E-state index in [-0.39, 0.29) is 0 Å². The van der Waals surface area contributed by atoms with Crippen LogP contribution in [0.3, 0.4) is 0 Å². The van der Waals surface area contributed by atoms with Crippen molar-refractivity contribution in [1.82, 2.24) is 9.97 Å². The van der Waals surface area contributed by atoms with Crippen LogP contribution in [0.2, 0.25) is 0 Å². The minimum atomic E-state index is -0.509. The van der Waals surface area contributed by atoms with Crippen molar-refractivity contribution in [3.05, 3.63) is 24.8 Å². The van der Waals surface area contributed by atoms with Gasteiger partial charge in [0.25, 0.3) is 0 Å². The van der Waals surface area contributed by atoms with Crippen molar-refractivity contribution in [2.45, 2.75) is 0 Å². The third kappa shape index (κ3) is 7.93. The Labute approximate surface area is 68.7 Å². The lowest BCUT2D eigenvalue weighted by molar-refractivity contribution is 0.565. The van der Waals surface area contributed by atoms with Crippen LogP contribution in [0.25, 0.3) is 0 Å². The van der Waals surface area contributed by atoms with Crippen LogP contribution in [0.4, 0.5) is 0 Å². The van der Waals surface area contributed by atoms with Gasteiger partial charge in [0.05, 0.1) is 0 Å². The Balaban J connectivity index is 0.000000202. The first-order valence-electron chi connectivity index (χ1n) is 2.89. The Hall–Kier alpha value is -2.07. The summed E-state index contributed by atoms with van der Waals surface area (Å²) in [7, 11) is 0. The van der Waals surface area contributed by atoms with E-state index >= 15 is 0 Å². The largest absolute Gasteiger partial charge is 0.368 e. The highest BCUT2D eigenvalue weighted by atomic mass is 16.1. The molecule has 3 N–H and O–H groups in total. The van der Waals surface area contributed by atoms with E-state index in [1.165, 1.54) is 0 Å². The van der Waals surface area contributed by atoms with Crippen LogP contribution in [0.15, 0.2) is 29.8 Å². The zero-order valence-corrected chi connectivity index (χ0v) is 6.14. The van der Waals surface area contributed by atoms with Gasteiger partial charge in [-0.2, -0.15) is 0 Å². The summed E-state index contributed by atoms with van der Waals surface area (Å²) in [6.07, 6.45) is 7.65. The van der Waals surface area contributed by atoms with Crippen LogP contribution in [0.5, 0.6) is 0 Å². The van der Waals surface area contributed by atoms with Gasteiger partial charge in [0.15, 0.2) is 0 Å². The third-order valence-electron chi connectivity index (χ3n) is 0.644. The number of nitrogens with one attached hydrogen (secondary N) is 1. The molecule has 0 saturated carbocycles. The van der Waals surface area contributed by atoms with Gasteiger partial charge in [-0.15, -0.1) is 4.99 Å². The normalized spacial score (nSPS) is 7.00. The first-order chi connectivity index (χ1) is 5.77. The van der Waals surface area contributed by atoms with Crippen molar-refractivity contribution in [3.8, 4) is 0 Å². The van der Waals surface area contributed by atoms with Crippen molar-refractivity contribution >= 4 is 12.0 Å². The number of hydrogen-bond acceptors (Lipinski definition) is 4. The van der Waals surface area contributed by atoms with Gasteiger partial charge in [0.2, 0.25) is 12.0 Å². The maximum Gasteiger partial charge on any atom is 0.243 e. The SMILES string of the molecule is N=C(N)N=C=O.c1cnccn1. The fraction of sp³-hybridized carbons (Fsp3) is 0. The lowest BCUT2D eigenvalue weighted by atomic mass is 10.8. The second-order valence-electron chi connectivity index (χ2n) is 1.48. The Morgan fingerprint density at radius 1 is 1.33 bits per heavy atom. The monoisotopic (exact) mass is 165 g/mol. The molecule has 0 fully saturated rings. The van der Waals surface area contributed by atoms with Crippen LogP contribution in [-0.2, 0) is 4.79 Å². The summed E-state index contributed by atoms with van der Waals surface area (Å²) >= 11 is 0. The summed E-state index contributed by atoms with van der Waals surface area (Å²) in [5.41, 5.74) is 4.56. The molecule has 6 heteroatoms. The Morgan fingerprint density at radius 3 is 1.83 bits per heavy atom. The van der Waals surface area contributed by atoms with Crippen molar-refractivity contribution in [3.63, 3.8) is 0 Å². The second kappa shape index (κ2) is 7.04. The summed E-state index contributed by atoms with van der Waals surface area (Å²) in [5, 5.41) is 6.24. The number of aromatic nitrogens is 2. The van der Waals surface area contributed by atoms with Crippen molar-refractivity contribution < 1.29 is 4.79 Å². The smallest absolute Gasteiger partial charge is 0.243 e. The topological polar surface area (TPSA) is 105 Å². The number of nitrogens with two attached hydrogens (primary N) is 1. The first-order valence-corrected chi connectivity index (χ1v) is 2.89. The minimum absolute atomic E-state index is 0.509. The van der Waals surface area contributed by atoms with E-state index in [1.807, 2.05) is 0 Å². The number of guanidine groups is 1. The van der Waals surface area contributed by atoms with E-state index in [9.17, 15) is 0 Å². The third-order valence-corrected chi connectivity index (χ3v) is 0.644. The minimum Gasteiger partial charge on any atom is -0.368 e. The summed E-state index contributed by atoms with van der Waals surface area (Å²) in [4.78, 5) is 19.2. The summed E-state index contributed by atoms with van der Waals surface area (Å²) in [6, 6.07) is 0. The van der Waals surface area contributed by atoms with Gasteiger partial charge in [-0.05, 0) is 0 Å². The Bertz CT molecular complexity index is 240. The van der Waals surface area contributed by atoms with Gasteiger partial charge < -0.3 is 5.73 Å². The molecule has 1 aromatic rings. The maximum absolute atomic E-state index is 9.10. The van der Waals surface area contributed by atoms with Crippen LogP contribution in [-0.4, -0.2) is 22.0 Å². The summed E-state index contributed by atoms with van der Waals surface area (Å²) in [6.45, 7) is 0. The molecule has 1 heterocycles. The van der Waals surface area contributed by atoms with E-state index in [0.717, 1.165) is 6.08 Å². The molecular weight excluding hydrogens is 158 g/mol. The van der Waals surface area contributed by atoms with Gasteiger partial charge in [0, 0.05) is 24.8 Å². The van der Waals surface area contributed by atoms with Gasteiger partial charge in [-0.3, -0.25) is 15.4 Å². The molecule has 1 aromatic heterocycles. The highest BCUT2D eigenvalue weighted by Crippen LogP contribution is 1.65. The van der Waals surface area contributed by atoms with Crippen molar-refractivity contribution in [1.29, 1.82) is 5.41 Å². The van der Waals surface area contributed by atoms with Crippen LogP contribution in [0.1, 0.15) is 0 Å². The van der Waals surface area contributed by atoms with Gasteiger partial charge >= 0.3 is 0 Å². The fourth-order valence-corrected chi connectivity index (χ4v) is 0.303. The van der Waals surface area contributed by atoms with Crippen LogP contribution in [0, 0.1) is 5.41 Å². The fourth-order valence-electron chi connectivity index (χ4n) is 0.303. The Kier molecular flexibility index (Phi) is 5.83. The molecule has 0 aromatic carbocycles. The predicted octanol–water partition coefficient (Wildman–Crippen LogP) is -0.308. The molecule has 12 heavy (non-hydrogen) atoms. The van der Waals surface area contributed by atoms with E-state index in [4.69, 9.17) is 10.2 Å². The lowest BCUT2D eigenvalue weighted by Gasteiger charge is -1.70. The van der Waals surface area contributed by atoms with Gasteiger partial charge in [-0.25, -0.2) is 4.79 Å². The summed E-state index contributed by atoms with van der Waals surface area (Å²) in [5.74, 6) is -0.509. The first kappa shape index (κ1) is 9.93. The van der Waals surface area contributed by atoms with E-state index in [0.29, 0.717) is 0 Å². The number of hydrogen-bond donors (Lipinski definition) is 2. The number of isocyanates is 1. The summed E-state index contributed by atoms with van der Waals surface area (Å²) < 4.78 is 0. The van der Waals surface area contributed by atoms with Gasteiger partial charge in [-0.1, -0.05) is 0 Å². The maximum atomic E-state index is 9.10. The molecule has 0 aliphatic carbocycles. The van der Waals surface area contributed by atoms with E-state index < -0.39 is 5.96 Å². The lowest BCUT2D eigenvalue weighted by Crippen LogP contribution is -2.03. The quantitative estimate of drug-likeness (QED) is 0.312. The predicted molar refractivity (Wildman–Crippen MR) is 42.1 cm³/mol. The molecule has 0 aliphatic heterocycles. The molecule has 0 radical (unpaired) electrons. The van der Waals surface area contributed by atoms with Crippen LogP contribution < -0.4 is 5.73 Å². The molecule has 0 bridgehead atoms. The van der Waals surface area contributed by atoms with Crippen molar-refractivity contribution in [2.75, 3.05) is 0 Å². The van der Waals surface area contributed by atoms with E-state index in [1.54, 1.807) is 24.8 Å². The van der Waals surface area contributed by atoms with E-state index in [2.05, 4.69) is 20.7 Å². The second-order valence-corrected chi connectivity index (χ2v) is 1.48. The average molecular weight is 165 g/mol. The molecule has 62 valence electrons. The molecule has 0 spiro atoms. The highest BCUT2D eigenvalue weighted by Gasteiger charge is 1.69. The molecule has 1 rings (SSSR count). The van der Waals surface area contributed by atoms with Crippen molar-refractivity contribution in [2.24, 2.45) is 10.7 Å². The van der Waals surface area contributed by atoms with Crippen LogP contribution >= 0.6 is 0 Å². The zero-order valence-electron chi connectivity index (χ0n) is 6.14. The molecule has 0 atom stereocenters. The van der Waals surface area contributed by atoms with Gasteiger partial charge in [0.1, 0.15) is 0 Å². The molecule has 0 amide bonds. The number of carbonyl (C=O) groups excluding carboxylic acids is 1. The molecular formula is C6H7N5O. The standard InChI is InChI=1S/C4H4N2.C2H3N3O/c1-2-6-4-3-5-1;3-2(4)5-1-6/h1-4H;(H3,3,4). The Morgan fingerprint density at radius 2 is 1.75 bits per heavy atom. The molecule has 0 saturated heterocycles. The number of rotatable bonds is 0. The number of aliphatic imine (C=N–C) groups is 1. The molecule has 0 aliphatic rings.